The molecular weight excluding hydrogens is 264 g/mol. The van der Waals surface area contributed by atoms with Gasteiger partial charge in [-0.15, -0.1) is 0 Å². The number of rotatable bonds is 4. The van der Waals surface area contributed by atoms with Crippen molar-refractivity contribution in [1.29, 1.82) is 5.26 Å². The zero-order valence-corrected chi connectivity index (χ0v) is 11.9. The fourth-order valence-electron chi connectivity index (χ4n) is 1.26. The molecule has 0 saturated heterocycles. The van der Waals surface area contributed by atoms with Gasteiger partial charge in [-0.25, -0.2) is 8.42 Å². The SMILES string of the molecule is CC(C)(CNC(=O)c1cccc(C#N)c1)S(C)(=O)=O. The summed E-state index contributed by atoms with van der Waals surface area (Å²) in [4.78, 5) is 11.9. The van der Waals surface area contributed by atoms with Crippen LogP contribution in [0, 0.1) is 11.3 Å². The fraction of sp³-hybridized carbons (Fsp3) is 0.385. The highest BCUT2D eigenvalue weighted by molar-refractivity contribution is 7.92. The Hall–Kier alpha value is -1.87. The third-order valence-electron chi connectivity index (χ3n) is 2.93. The first-order valence-corrected chi connectivity index (χ1v) is 7.54. The molecule has 0 aliphatic heterocycles. The molecule has 0 spiro atoms. The highest BCUT2D eigenvalue weighted by atomic mass is 32.2. The monoisotopic (exact) mass is 280 g/mol. The fourth-order valence-corrected chi connectivity index (χ4v) is 1.59. The zero-order valence-electron chi connectivity index (χ0n) is 11.1. The molecule has 0 unspecified atom stereocenters. The van der Waals surface area contributed by atoms with Crippen LogP contribution in [-0.4, -0.2) is 31.9 Å². The summed E-state index contributed by atoms with van der Waals surface area (Å²) >= 11 is 0. The van der Waals surface area contributed by atoms with Gasteiger partial charge in [0.15, 0.2) is 9.84 Å². The van der Waals surface area contributed by atoms with E-state index in [1.807, 2.05) is 6.07 Å². The molecule has 0 saturated carbocycles. The van der Waals surface area contributed by atoms with E-state index in [0.29, 0.717) is 11.1 Å². The summed E-state index contributed by atoms with van der Waals surface area (Å²) in [5.74, 6) is -0.395. The van der Waals surface area contributed by atoms with E-state index in [-0.39, 0.29) is 6.54 Å². The van der Waals surface area contributed by atoms with Crippen LogP contribution in [0.4, 0.5) is 0 Å². The molecular formula is C13H16N2O3S. The molecule has 1 amide bonds. The Balaban J connectivity index is 2.79. The number of hydrogen-bond donors (Lipinski definition) is 1. The second-order valence-electron chi connectivity index (χ2n) is 4.91. The average Bonchev–Trinajstić information content (AvgIpc) is 2.34. The highest BCUT2D eigenvalue weighted by Gasteiger charge is 2.30. The van der Waals surface area contributed by atoms with Gasteiger partial charge in [0.25, 0.3) is 5.91 Å². The molecule has 19 heavy (non-hydrogen) atoms. The molecule has 0 heterocycles. The van der Waals surface area contributed by atoms with Crippen molar-refractivity contribution in [3.63, 3.8) is 0 Å². The van der Waals surface area contributed by atoms with Crippen molar-refractivity contribution in [3.05, 3.63) is 35.4 Å². The molecule has 0 atom stereocenters. The molecule has 1 N–H and O–H groups in total. The van der Waals surface area contributed by atoms with Gasteiger partial charge in [0.1, 0.15) is 0 Å². The van der Waals surface area contributed by atoms with E-state index in [0.717, 1.165) is 6.26 Å². The molecule has 6 heteroatoms. The van der Waals surface area contributed by atoms with Crippen molar-refractivity contribution in [2.45, 2.75) is 18.6 Å². The first kappa shape index (κ1) is 15.2. The van der Waals surface area contributed by atoms with Gasteiger partial charge in [0.2, 0.25) is 0 Å². The lowest BCUT2D eigenvalue weighted by atomic mass is 10.1. The summed E-state index contributed by atoms with van der Waals surface area (Å²) in [5, 5.41) is 11.3. The minimum Gasteiger partial charge on any atom is -0.350 e. The summed E-state index contributed by atoms with van der Waals surface area (Å²) in [5.41, 5.74) is 0.721. The largest absolute Gasteiger partial charge is 0.350 e. The predicted molar refractivity (Wildman–Crippen MR) is 72.4 cm³/mol. The molecule has 1 aromatic rings. The van der Waals surface area contributed by atoms with Gasteiger partial charge in [-0.3, -0.25) is 4.79 Å². The maximum absolute atomic E-state index is 11.9. The van der Waals surface area contributed by atoms with Crippen LogP contribution in [0.25, 0.3) is 0 Å². The van der Waals surface area contributed by atoms with Gasteiger partial charge in [-0.1, -0.05) is 6.07 Å². The van der Waals surface area contributed by atoms with Crippen LogP contribution in [0.5, 0.6) is 0 Å². The van der Waals surface area contributed by atoms with Crippen LogP contribution in [0.2, 0.25) is 0 Å². The highest BCUT2D eigenvalue weighted by Crippen LogP contribution is 2.14. The summed E-state index contributed by atoms with van der Waals surface area (Å²) in [6.07, 6.45) is 1.13. The number of sulfone groups is 1. The molecule has 0 aliphatic carbocycles. The van der Waals surface area contributed by atoms with Gasteiger partial charge >= 0.3 is 0 Å². The number of benzene rings is 1. The molecule has 0 aromatic heterocycles. The van der Waals surface area contributed by atoms with Gasteiger partial charge in [0, 0.05) is 18.4 Å². The number of carbonyl (C=O) groups is 1. The van der Waals surface area contributed by atoms with E-state index in [1.54, 1.807) is 32.0 Å². The lowest BCUT2D eigenvalue weighted by molar-refractivity contribution is 0.0950. The lowest BCUT2D eigenvalue weighted by Gasteiger charge is -2.22. The topological polar surface area (TPSA) is 87.0 Å². The Morgan fingerprint density at radius 2 is 2.05 bits per heavy atom. The molecule has 1 rings (SSSR count). The van der Waals surface area contributed by atoms with Crippen molar-refractivity contribution < 1.29 is 13.2 Å². The van der Waals surface area contributed by atoms with E-state index >= 15 is 0 Å². The average molecular weight is 280 g/mol. The van der Waals surface area contributed by atoms with E-state index in [9.17, 15) is 13.2 Å². The first-order chi connectivity index (χ1) is 8.67. The summed E-state index contributed by atoms with van der Waals surface area (Å²) in [6.45, 7) is 3.12. The molecule has 0 bridgehead atoms. The maximum atomic E-state index is 11.9. The number of carbonyl (C=O) groups excluding carboxylic acids is 1. The van der Waals surface area contributed by atoms with E-state index in [4.69, 9.17) is 5.26 Å². The Morgan fingerprint density at radius 3 is 2.58 bits per heavy atom. The van der Waals surface area contributed by atoms with Crippen molar-refractivity contribution >= 4 is 15.7 Å². The van der Waals surface area contributed by atoms with E-state index < -0.39 is 20.5 Å². The van der Waals surface area contributed by atoms with Crippen LogP contribution < -0.4 is 5.32 Å². The third kappa shape index (κ3) is 3.80. The summed E-state index contributed by atoms with van der Waals surface area (Å²) in [7, 11) is -3.26. The standard InChI is InChI=1S/C13H16N2O3S/c1-13(2,19(3,17)18)9-15-12(16)11-6-4-5-10(7-11)8-14/h4-7H,9H2,1-3H3,(H,15,16). The van der Waals surface area contributed by atoms with Crippen LogP contribution in [0.15, 0.2) is 24.3 Å². The minimum atomic E-state index is -3.26. The normalized spacial score (nSPS) is 11.7. The van der Waals surface area contributed by atoms with Gasteiger partial charge in [-0.2, -0.15) is 5.26 Å². The second kappa shape index (κ2) is 5.41. The first-order valence-electron chi connectivity index (χ1n) is 5.65. The summed E-state index contributed by atoms with van der Waals surface area (Å²) in [6, 6.07) is 8.18. The van der Waals surface area contributed by atoms with Gasteiger partial charge in [-0.05, 0) is 32.0 Å². The predicted octanol–water partition coefficient (Wildman–Crippen LogP) is 1.11. The van der Waals surface area contributed by atoms with Crippen molar-refractivity contribution in [3.8, 4) is 6.07 Å². The Labute approximate surface area is 113 Å². The van der Waals surface area contributed by atoms with Crippen LogP contribution in [0.1, 0.15) is 29.8 Å². The van der Waals surface area contributed by atoms with Crippen LogP contribution >= 0.6 is 0 Å². The van der Waals surface area contributed by atoms with Crippen LogP contribution in [-0.2, 0) is 9.84 Å². The maximum Gasteiger partial charge on any atom is 0.251 e. The Bertz CT molecular complexity index is 628. The van der Waals surface area contributed by atoms with Crippen molar-refractivity contribution in [1.82, 2.24) is 5.32 Å². The number of nitrogens with zero attached hydrogens (tertiary/aromatic N) is 1. The molecule has 0 radical (unpaired) electrons. The van der Waals surface area contributed by atoms with Crippen molar-refractivity contribution in [2.24, 2.45) is 0 Å². The number of nitriles is 1. The molecule has 1 aromatic carbocycles. The minimum absolute atomic E-state index is 0.0153. The molecule has 0 fully saturated rings. The van der Waals surface area contributed by atoms with Gasteiger partial charge in [0.05, 0.1) is 16.4 Å². The van der Waals surface area contributed by atoms with Crippen molar-refractivity contribution in [2.75, 3.05) is 12.8 Å². The summed E-state index contributed by atoms with van der Waals surface area (Å²) < 4.78 is 22.0. The molecule has 5 nitrogen and oxygen atoms in total. The smallest absolute Gasteiger partial charge is 0.251 e. The molecule has 0 aliphatic rings. The van der Waals surface area contributed by atoms with E-state index in [1.165, 1.54) is 6.07 Å². The van der Waals surface area contributed by atoms with Gasteiger partial charge < -0.3 is 5.32 Å². The number of hydrogen-bond acceptors (Lipinski definition) is 4. The lowest BCUT2D eigenvalue weighted by Crippen LogP contribution is -2.43. The second-order valence-corrected chi connectivity index (χ2v) is 7.56. The Kier molecular flexibility index (Phi) is 4.32. The van der Waals surface area contributed by atoms with Crippen LogP contribution in [0.3, 0.4) is 0 Å². The zero-order chi connectivity index (χ0) is 14.7. The van der Waals surface area contributed by atoms with E-state index in [2.05, 4.69) is 5.32 Å². The number of amides is 1. The quantitative estimate of drug-likeness (QED) is 0.895. The number of nitrogens with one attached hydrogen (secondary N) is 1. The Morgan fingerprint density at radius 1 is 1.42 bits per heavy atom. The molecule has 102 valence electrons. The third-order valence-corrected chi connectivity index (χ3v) is 5.08.